The van der Waals surface area contributed by atoms with Gasteiger partial charge in [-0.1, -0.05) is 18.2 Å². The summed E-state index contributed by atoms with van der Waals surface area (Å²) in [6, 6.07) is 8.23. The third kappa shape index (κ3) is 2.89. The zero-order chi connectivity index (χ0) is 13.0. The van der Waals surface area contributed by atoms with Crippen LogP contribution in [0.15, 0.2) is 29.6 Å². The maximum absolute atomic E-state index is 12.1. The van der Waals surface area contributed by atoms with Gasteiger partial charge in [-0.25, -0.2) is 0 Å². The molecule has 96 valence electrons. The van der Waals surface area contributed by atoms with Gasteiger partial charge < -0.3 is 10.2 Å². The van der Waals surface area contributed by atoms with Gasteiger partial charge in [-0.2, -0.15) is 0 Å². The molecule has 1 heterocycles. The first kappa shape index (κ1) is 13.1. The van der Waals surface area contributed by atoms with Crippen LogP contribution in [0.3, 0.4) is 0 Å². The van der Waals surface area contributed by atoms with E-state index in [1.807, 2.05) is 26.2 Å². The van der Waals surface area contributed by atoms with Crippen molar-refractivity contribution in [3.63, 3.8) is 0 Å². The monoisotopic (exact) mass is 262 g/mol. The maximum Gasteiger partial charge on any atom is 0.226 e. The molecule has 1 aromatic heterocycles. The number of rotatable bonds is 5. The number of carbonyl (C=O) groups is 1. The van der Waals surface area contributed by atoms with Crippen LogP contribution in [0.5, 0.6) is 0 Å². The molecule has 0 aliphatic rings. The van der Waals surface area contributed by atoms with Gasteiger partial charge in [0.15, 0.2) is 0 Å². The Hall–Kier alpha value is -1.39. The largest absolute Gasteiger partial charge is 0.344 e. The molecule has 0 aliphatic carbocycles. The first-order chi connectivity index (χ1) is 8.72. The van der Waals surface area contributed by atoms with Gasteiger partial charge in [0.2, 0.25) is 5.91 Å². The molecular formula is C14H18N2OS. The highest BCUT2D eigenvalue weighted by atomic mass is 32.1. The molecule has 3 nitrogen and oxygen atoms in total. The van der Waals surface area contributed by atoms with E-state index in [2.05, 4.69) is 22.8 Å². The molecule has 18 heavy (non-hydrogen) atoms. The van der Waals surface area contributed by atoms with Crippen molar-refractivity contribution in [1.29, 1.82) is 0 Å². The number of likely N-dealkylation sites (N-methyl/N-ethyl adjacent to an activating group) is 2. The summed E-state index contributed by atoms with van der Waals surface area (Å²) < 4.78 is 1.25. The Morgan fingerprint density at radius 2 is 2.17 bits per heavy atom. The molecule has 1 amide bonds. The Bertz CT molecular complexity index is 535. The quantitative estimate of drug-likeness (QED) is 0.895. The number of benzene rings is 1. The van der Waals surface area contributed by atoms with Crippen LogP contribution in [-0.4, -0.2) is 38.0 Å². The predicted octanol–water partition coefficient (Wildman–Crippen LogP) is 2.12. The van der Waals surface area contributed by atoms with Gasteiger partial charge in [-0.15, -0.1) is 11.3 Å². The molecule has 0 unspecified atom stereocenters. The van der Waals surface area contributed by atoms with Gasteiger partial charge in [0, 0.05) is 24.8 Å². The number of carbonyl (C=O) groups excluding carboxylic acids is 1. The maximum atomic E-state index is 12.1. The fourth-order valence-electron chi connectivity index (χ4n) is 1.87. The van der Waals surface area contributed by atoms with E-state index in [1.165, 1.54) is 10.1 Å². The molecule has 0 saturated heterocycles. The predicted molar refractivity (Wildman–Crippen MR) is 77.1 cm³/mol. The third-order valence-electron chi connectivity index (χ3n) is 3.03. The first-order valence-electron chi connectivity index (χ1n) is 6.06. The van der Waals surface area contributed by atoms with E-state index in [1.54, 1.807) is 16.2 Å². The number of nitrogens with zero attached hydrogens (tertiary/aromatic N) is 1. The lowest BCUT2D eigenvalue weighted by molar-refractivity contribution is -0.129. The van der Waals surface area contributed by atoms with Crippen molar-refractivity contribution in [3.8, 4) is 0 Å². The Kier molecular flexibility index (Phi) is 4.33. The van der Waals surface area contributed by atoms with Gasteiger partial charge in [-0.05, 0) is 29.4 Å². The topological polar surface area (TPSA) is 32.3 Å². The summed E-state index contributed by atoms with van der Waals surface area (Å²) in [4.78, 5) is 13.8. The first-order valence-corrected chi connectivity index (χ1v) is 6.94. The summed E-state index contributed by atoms with van der Waals surface area (Å²) in [5.74, 6) is 0.175. The summed E-state index contributed by atoms with van der Waals surface area (Å²) in [6.45, 7) is 1.57. The lowest BCUT2D eigenvalue weighted by Gasteiger charge is -2.16. The van der Waals surface area contributed by atoms with Crippen LogP contribution < -0.4 is 5.32 Å². The molecule has 0 aliphatic heterocycles. The fourth-order valence-corrected chi connectivity index (χ4v) is 2.83. The highest BCUT2D eigenvalue weighted by molar-refractivity contribution is 7.17. The zero-order valence-corrected chi connectivity index (χ0v) is 11.6. The number of hydrogen-bond acceptors (Lipinski definition) is 3. The van der Waals surface area contributed by atoms with Crippen LogP contribution in [0.1, 0.15) is 5.56 Å². The van der Waals surface area contributed by atoms with Crippen LogP contribution in [-0.2, 0) is 11.2 Å². The van der Waals surface area contributed by atoms with Gasteiger partial charge in [0.1, 0.15) is 0 Å². The molecule has 0 radical (unpaired) electrons. The molecule has 0 saturated carbocycles. The minimum atomic E-state index is 0.175. The van der Waals surface area contributed by atoms with E-state index >= 15 is 0 Å². The van der Waals surface area contributed by atoms with Crippen molar-refractivity contribution in [1.82, 2.24) is 10.2 Å². The molecular weight excluding hydrogens is 244 g/mol. The number of thiophene rings is 1. The molecule has 0 bridgehead atoms. The molecule has 0 atom stereocenters. The van der Waals surface area contributed by atoms with Crippen molar-refractivity contribution < 1.29 is 4.79 Å². The van der Waals surface area contributed by atoms with E-state index < -0.39 is 0 Å². The normalized spacial score (nSPS) is 10.8. The number of amides is 1. The van der Waals surface area contributed by atoms with Crippen LogP contribution in [0, 0.1) is 0 Å². The third-order valence-corrected chi connectivity index (χ3v) is 4.04. The molecule has 4 heteroatoms. The summed E-state index contributed by atoms with van der Waals surface area (Å²) in [5.41, 5.74) is 1.14. The average molecular weight is 262 g/mol. The van der Waals surface area contributed by atoms with E-state index in [0.717, 1.165) is 18.7 Å². The van der Waals surface area contributed by atoms with Gasteiger partial charge in [0.05, 0.1) is 6.42 Å². The Morgan fingerprint density at radius 3 is 2.94 bits per heavy atom. The minimum absolute atomic E-state index is 0.175. The van der Waals surface area contributed by atoms with Crippen molar-refractivity contribution in [2.24, 2.45) is 0 Å². The van der Waals surface area contributed by atoms with Crippen LogP contribution in [0.4, 0.5) is 0 Å². The average Bonchev–Trinajstić information content (AvgIpc) is 2.79. The van der Waals surface area contributed by atoms with Crippen LogP contribution in [0.2, 0.25) is 0 Å². The number of fused-ring (bicyclic) bond motifs is 1. The second-order valence-electron chi connectivity index (χ2n) is 4.35. The van der Waals surface area contributed by atoms with Crippen LogP contribution in [0.25, 0.3) is 10.1 Å². The molecule has 0 fully saturated rings. The molecule has 1 aromatic carbocycles. The Labute approximate surface area is 111 Å². The standard InChI is InChI=1S/C14H18N2OS/c1-15-7-8-16(2)14(17)9-11-10-18-13-6-4-3-5-12(11)13/h3-6,10,15H,7-9H2,1-2H3. The highest BCUT2D eigenvalue weighted by Gasteiger charge is 2.12. The molecule has 2 rings (SSSR count). The summed E-state index contributed by atoms with van der Waals surface area (Å²) >= 11 is 1.70. The van der Waals surface area contributed by atoms with Gasteiger partial charge in [-0.3, -0.25) is 4.79 Å². The summed E-state index contributed by atoms with van der Waals surface area (Å²) in [6.07, 6.45) is 0.490. The Balaban J connectivity index is 2.07. The highest BCUT2D eigenvalue weighted by Crippen LogP contribution is 2.26. The molecule has 2 aromatic rings. The molecule has 0 spiro atoms. The van der Waals surface area contributed by atoms with Crippen molar-refractivity contribution in [2.45, 2.75) is 6.42 Å². The van der Waals surface area contributed by atoms with E-state index in [-0.39, 0.29) is 5.91 Å². The van der Waals surface area contributed by atoms with Gasteiger partial charge >= 0.3 is 0 Å². The molecule has 1 N–H and O–H groups in total. The summed E-state index contributed by atoms with van der Waals surface area (Å²) in [5, 5.41) is 6.35. The summed E-state index contributed by atoms with van der Waals surface area (Å²) in [7, 11) is 3.75. The van der Waals surface area contributed by atoms with E-state index in [9.17, 15) is 4.79 Å². The van der Waals surface area contributed by atoms with Crippen molar-refractivity contribution >= 4 is 27.3 Å². The Morgan fingerprint density at radius 1 is 1.39 bits per heavy atom. The van der Waals surface area contributed by atoms with E-state index in [4.69, 9.17) is 0 Å². The van der Waals surface area contributed by atoms with Crippen molar-refractivity contribution in [2.75, 3.05) is 27.2 Å². The van der Waals surface area contributed by atoms with E-state index in [0.29, 0.717) is 6.42 Å². The van der Waals surface area contributed by atoms with Crippen LogP contribution >= 0.6 is 11.3 Å². The second-order valence-corrected chi connectivity index (χ2v) is 5.26. The smallest absolute Gasteiger partial charge is 0.226 e. The zero-order valence-electron chi connectivity index (χ0n) is 10.8. The lowest BCUT2D eigenvalue weighted by Crippen LogP contribution is -2.33. The lowest BCUT2D eigenvalue weighted by atomic mass is 10.1. The van der Waals surface area contributed by atoms with Crippen molar-refractivity contribution in [3.05, 3.63) is 35.2 Å². The fraction of sp³-hybridized carbons (Fsp3) is 0.357. The van der Waals surface area contributed by atoms with Gasteiger partial charge in [0.25, 0.3) is 0 Å². The number of hydrogen-bond donors (Lipinski definition) is 1. The SMILES string of the molecule is CNCCN(C)C(=O)Cc1csc2ccccc12. The second kappa shape index (κ2) is 5.98. The number of nitrogens with one attached hydrogen (secondary N) is 1. The minimum Gasteiger partial charge on any atom is -0.344 e.